The van der Waals surface area contributed by atoms with Gasteiger partial charge in [-0.2, -0.15) is 5.10 Å². The van der Waals surface area contributed by atoms with Gasteiger partial charge in [0.15, 0.2) is 0 Å². The van der Waals surface area contributed by atoms with Crippen LogP contribution in [-0.2, 0) is 7.05 Å². The summed E-state index contributed by atoms with van der Waals surface area (Å²) in [6, 6.07) is 2.06. The van der Waals surface area contributed by atoms with Crippen LogP contribution >= 0.6 is 0 Å². The summed E-state index contributed by atoms with van der Waals surface area (Å²) in [5.41, 5.74) is 2.23. The molecular formula is C17H23N5O. The minimum atomic E-state index is 0.190. The van der Waals surface area contributed by atoms with E-state index in [0.717, 1.165) is 30.4 Å². The number of aromatic nitrogens is 4. The second kappa shape index (κ2) is 5.60. The largest absolute Gasteiger partial charge is 0.396 e. The zero-order valence-corrected chi connectivity index (χ0v) is 13.7. The third kappa shape index (κ3) is 2.83. The van der Waals surface area contributed by atoms with Gasteiger partial charge >= 0.3 is 0 Å². The Bertz CT molecular complexity index is 709. The van der Waals surface area contributed by atoms with Gasteiger partial charge in [-0.25, -0.2) is 9.97 Å². The van der Waals surface area contributed by atoms with Gasteiger partial charge in [-0.05, 0) is 25.3 Å². The predicted octanol–water partition coefficient (Wildman–Crippen LogP) is 1.61. The number of nitrogens with zero attached hydrogens (tertiary/aromatic N) is 5. The molecule has 2 aliphatic rings. The highest BCUT2D eigenvalue weighted by molar-refractivity contribution is 5.43. The van der Waals surface area contributed by atoms with Crippen molar-refractivity contribution in [2.45, 2.75) is 31.6 Å². The van der Waals surface area contributed by atoms with Crippen molar-refractivity contribution in [3.8, 4) is 0 Å². The van der Waals surface area contributed by atoms with Gasteiger partial charge in [0.05, 0.1) is 6.20 Å². The fraction of sp³-hybridized carbons (Fsp3) is 0.588. The summed E-state index contributed by atoms with van der Waals surface area (Å²) in [6.07, 6.45) is 6.39. The average Bonchev–Trinajstić information content (AvgIpc) is 3.16. The highest BCUT2D eigenvalue weighted by atomic mass is 16.3. The van der Waals surface area contributed by atoms with Crippen LogP contribution < -0.4 is 4.90 Å². The van der Waals surface area contributed by atoms with Crippen LogP contribution in [0.15, 0.2) is 18.5 Å². The summed E-state index contributed by atoms with van der Waals surface area (Å²) >= 11 is 0. The van der Waals surface area contributed by atoms with Crippen LogP contribution in [0.2, 0.25) is 0 Å². The molecule has 2 fully saturated rings. The summed E-state index contributed by atoms with van der Waals surface area (Å²) in [6.45, 7) is 3.93. The quantitative estimate of drug-likeness (QED) is 0.929. The molecule has 122 valence electrons. The van der Waals surface area contributed by atoms with Gasteiger partial charge < -0.3 is 10.0 Å². The molecule has 3 heterocycles. The summed E-state index contributed by atoms with van der Waals surface area (Å²) in [5.74, 6) is 3.07. The third-order valence-electron chi connectivity index (χ3n) is 4.95. The Morgan fingerprint density at radius 2 is 2.09 bits per heavy atom. The average molecular weight is 313 g/mol. The first-order chi connectivity index (χ1) is 11.1. The first-order valence-electron chi connectivity index (χ1n) is 8.34. The van der Waals surface area contributed by atoms with Gasteiger partial charge in [-0.15, -0.1) is 0 Å². The van der Waals surface area contributed by atoms with Crippen LogP contribution in [0.4, 0.5) is 5.82 Å². The third-order valence-corrected chi connectivity index (χ3v) is 4.95. The molecule has 1 N–H and O–H groups in total. The van der Waals surface area contributed by atoms with Crippen molar-refractivity contribution < 1.29 is 5.11 Å². The Hall–Kier alpha value is -1.95. The van der Waals surface area contributed by atoms with E-state index in [9.17, 15) is 5.11 Å². The molecule has 1 aliphatic carbocycles. The lowest BCUT2D eigenvalue weighted by atomic mass is 9.92. The van der Waals surface area contributed by atoms with Gasteiger partial charge in [-0.1, -0.05) is 0 Å². The highest BCUT2D eigenvalue weighted by Crippen LogP contribution is 2.40. The monoisotopic (exact) mass is 313 g/mol. The van der Waals surface area contributed by atoms with Crippen LogP contribution in [0, 0.1) is 12.8 Å². The molecule has 4 rings (SSSR count). The zero-order chi connectivity index (χ0) is 16.0. The Kier molecular flexibility index (Phi) is 3.56. The summed E-state index contributed by atoms with van der Waals surface area (Å²) < 4.78 is 1.83. The Morgan fingerprint density at radius 1 is 1.26 bits per heavy atom. The SMILES string of the molecule is Cc1cc(N2C[C@@H](CO)[C@H](c3cnn(C)c3)C2)nc(C2CC2)n1. The molecule has 2 aromatic rings. The molecule has 0 radical (unpaired) electrons. The molecule has 6 heteroatoms. The van der Waals surface area contributed by atoms with E-state index in [1.165, 1.54) is 18.4 Å². The number of anilines is 1. The molecule has 0 amide bonds. The minimum absolute atomic E-state index is 0.190. The Labute approximate surface area is 136 Å². The maximum absolute atomic E-state index is 9.79. The summed E-state index contributed by atoms with van der Waals surface area (Å²) in [7, 11) is 1.93. The van der Waals surface area contributed by atoms with E-state index in [1.54, 1.807) is 0 Å². The molecule has 6 nitrogen and oxygen atoms in total. The number of aliphatic hydroxyl groups excluding tert-OH is 1. The predicted molar refractivity (Wildman–Crippen MR) is 87.5 cm³/mol. The topological polar surface area (TPSA) is 67.1 Å². The van der Waals surface area contributed by atoms with Crippen LogP contribution in [0.3, 0.4) is 0 Å². The second-order valence-electron chi connectivity index (χ2n) is 6.90. The highest BCUT2D eigenvalue weighted by Gasteiger charge is 2.35. The van der Waals surface area contributed by atoms with E-state index in [-0.39, 0.29) is 12.5 Å². The van der Waals surface area contributed by atoms with Gasteiger partial charge in [0.1, 0.15) is 11.6 Å². The lowest BCUT2D eigenvalue weighted by Gasteiger charge is -2.18. The Balaban J connectivity index is 1.60. The summed E-state index contributed by atoms with van der Waals surface area (Å²) in [5, 5.41) is 14.1. The van der Waals surface area contributed by atoms with E-state index in [2.05, 4.69) is 27.2 Å². The molecule has 0 unspecified atom stereocenters. The van der Waals surface area contributed by atoms with Gasteiger partial charge in [-0.3, -0.25) is 4.68 Å². The molecule has 1 saturated heterocycles. The van der Waals surface area contributed by atoms with Crippen molar-refractivity contribution in [2.24, 2.45) is 13.0 Å². The smallest absolute Gasteiger partial charge is 0.134 e. The van der Waals surface area contributed by atoms with E-state index in [0.29, 0.717) is 11.8 Å². The van der Waals surface area contributed by atoms with Crippen molar-refractivity contribution in [1.29, 1.82) is 0 Å². The molecule has 23 heavy (non-hydrogen) atoms. The number of hydrogen-bond donors (Lipinski definition) is 1. The first-order valence-corrected chi connectivity index (χ1v) is 8.34. The van der Waals surface area contributed by atoms with Crippen molar-refractivity contribution in [3.63, 3.8) is 0 Å². The molecule has 1 aliphatic heterocycles. The lowest BCUT2D eigenvalue weighted by Crippen LogP contribution is -2.22. The van der Waals surface area contributed by atoms with Crippen molar-refractivity contribution >= 4 is 5.82 Å². The lowest BCUT2D eigenvalue weighted by molar-refractivity contribution is 0.227. The summed E-state index contributed by atoms with van der Waals surface area (Å²) in [4.78, 5) is 11.7. The van der Waals surface area contributed by atoms with E-state index < -0.39 is 0 Å². The van der Waals surface area contributed by atoms with Gasteiger partial charge in [0.2, 0.25) is 0 Å². The van der Waals surface area contributed by atoms with Crippen molar-refractivity contribution in [2.75, 3.05) is 24.6 Å². The van der Waals surface area contributed by atoms with Gasteiger partial charge in [0, 0.05) is 62.5 Å². The molecular weight excluding hydrogens is 290 g/mol. The molecule has 2 aromatic heterocycles. The van der Waals surface area contributed by atoms with Crippen molar-refractivity contribution in [3.05, 3.63) is 35.5 Å². The normalized spacial score (nSPS) is 24.4. The fourth-order valence-corrected chi connectivity index (χ4v) is 3.51. The molecule has 0 spiro atoms. The van der Waals surface area contributed by atoms with Crippen molar-refractivity contribution in [1.82, 2.24) is 19.7 Å². The number of aryl methyl sites for hydroxylation is 2. The molecule has 0 bridgehead atoms. The van der Waals surface area contributed by atoms with E-state index in [4.69, 9.17) is 4.98 Å². The fourth-order valence-electron chi connectivity index (χ4n) is 3.51. The van der Waals surface area contributed by atoms with E-state index >= 15 is 0 Å². The maximum Gasteiger partial charge on any atom is 0.134 e. The maximum atomic E-state index is 9.79. The molecule has 2 atom stereocenters. The molecule has 0 aromatic carbocycles. The number of hydrogen-bond acceptors (Lipinski definition) is 5. The Morgan fingerprint density at radius 3 is 2.74 bits per heavy atom. The first kappa shape index (κ1) is 14.6. The molecule has 1 saturated carbocycles. The second-order valence-corrected chi connectivity index (χ2v) is 6.90. The van der Waals surface area contributed by atoms with E-state index in [1.807, 2.05) is 24.9 Å². The number of rotatable bonds is 4. The van der Waals surface area contributed by atoms with Crippen LogP contribution in [0.1, 0.15) is 41.8 Å². The number of aliphatic hydroxyl groups is 1. The van der Waals surface area contributed by atoms with Gasteiger partial charge in [0.25, 0.3) is 0 Å². The van der Waals surface area contributed by atoms with Crippen LogP contribution in [0.5, 0.6) is 0 Å². The van der Waals surface area contributed by atoms with Crippen LogP contribution in [-0.4, -0.2) is 44.6 Å². The van der Waals surface area contributed by atoms with Crippen LogP contribution in [0.25, 0.3) is 0 Å². The zero-order valence-electron chi connectivity index (χ0n) is 13.7. The standard InChI is InChI=1S/C17H23N5O/c1-11-5-16(20-17(19-11)12-3-4-12)22-8-14(10-23)15(9-22)13-6-18-21(2)7-13/h5-7,12,14-15,23H,3-4,8-10H2,1-2H3/t14-,15-/m0/s1. The minimum Gasteiger partial charge on any atom is -0.396 e.